The van der Waals surface area contributed by atoms with E-state index in [-0.39, 0.29) is 0 Å². The Labute approximate surface area is 83.4 Å². The second-order valence-corrected chi connectivity index (χ2v) is 4.74. The number of hydrogen-bond acceptors (Lipinski definition) is 3. The molecule has 1 N–H and O–H groups in total. The van der Waals surface area contributed by atoms with E-state index in [1.54, 1.807) is 6.92 Å². The number of halogens is 1. The van der Waals surface area contributed by atoms with Crippen molar-refractivity contribution in [1.82, 2.24) is 0 Å². The molecule has 0 bridgehead atoms. The lowest BCUT2D eigenvalue weighted by molar-refractivity contribution is 0.00227. The van der Waals surface area contributed by atoms with Crippen LogP contribution in [-0.4, -0.2) is 24.7 Å². The molecule has 0 aliphatic heterocycles. The van der Waals surface area contributed by atoms with Crippen LogP contribution in [0.2, 0.25) is 0 Å². The molecule has 0 amide bonds. The van der Waals surface area contributed by atoms with E-state index in [1.807, 2.05) is 0 Å². The number of hydrogen-bond donors (Lipinski definition) is 1. The van der Waals surface area contributed by atoms with Gasteiger partial charge in [-0.2, -0.15) is 8.42 Å². The van der Waals surface area contributed by atoms with Crippen LogP contribution in [0.1, 0.15) is 39.0 Å². The Kier molecular flexibility index (Phi) is 3.49. The summed E-state index contributed by atoms with van der Waals surface area (Å²) in [6, 6.07) is 0. The average molecular weight is 226 g/mol. The molecule has 0 aromatic rings. The predicted molar refractivity (Wildman–Crippen MR) is 49.0 cm³/mol. The molecule has 1 aliphatic rings. The van der Waals surface area contributed by atoms with Crippen molar-refractivity contribution in [3.8, 4) is 0 Å². The van der Waals surface area contributed by atoms with Gasteiger partial charge in [0.25, 0.3) is 0 Å². The van der Waals surface area contributed by atoms with Gasteiger partial charge in [0.1, 0.15) is 6.17 Å². The van der Waals surface area contributed by atoms with Crippen molar-refractivity contribution in [3.63, 3.8) is 0 Å². The summed E-state index contributed by atoms with van der Waals surface area (Å²) in [6.07, 6.45) is 0.848. The third kappa shape index (κ3) is 3.18. The molecule has 0 radical (unpaired) electrons. The first-order valence-corrected chi connectivity index (χ1v) is 6.05. The van der Waals surface area contributed by atoms with Crippen molar-refractivity contribution in [2.75, 3.05) is 0 Å². The average Bonchev–Trinajstić information content (AvgIpc) is 2.07. The summed E-state index contributed by atoms with van der Waals surface area (Å²) in [4.78, 5) is 0. The maximum atomic E-state index is 12.8. The molecule has 0 aromatic heterocycles. The molecular weight excluding hydrogens is 211 g/mol. The molecule has 1 rings (SSSR count). The van der Waals surface area contributed by atoms with Crippen molar-refractivity contribution in [2.24, 2.45) is 0 Å². The normalized spacial score (nSPS) is 34.4. The third-order valence-electron chi connectivity index (χ3n) is 2.75. The van der Waals surface area contributed by atoms with Crippen molar-refractivity contribution in [2.45, 2.75) is 50.8 Å². The molecule has 0 atom stereocenters. The van der Waals surface area contributed by atoms with Crippen molar-refractivity contribution < 1.29 is 21.5 Å². The minimum atomic E-state index is -4.43. The first kappa shape index (κ1) is 11.9. The Balaban J connectivity index is 2.68. The fourth-order valence-electron chi connectivity index (χ4n) is 1.83. The Morgan fingerprint density at radius 1 is 1.50 bits per heavy atom. The van der Waals surface area contributed by atoms with Gasteiger partial charge in [0.05, 0.1) is 5.60 Å². The van der Waals surface area contributed by atoms with Crippen LogP contribution in [0.3, 0.4) is 0 Å². The van der Waals surface area contributed by atoms with E-state index in [9.17, 15) is 12.8 Å². The fourth-order valence-corrected chi connectivity index (χ4v) is 2.56. The largest absolute Gasteiger partial charge is 0.397 e. The minimum Gasteiger partial charge on any atom is -0.264 e. The van der Waals surface area contributed by atoms with Crippen molar-refractivity contribution in [3.05, 3.63) is 0 Å². The zero-order valence-corrected chi connectivity index (χ0v) is 8.89. The van der Waals surface area contributed by atoms with Gasteiger partial charge in [-0.15, -0.1) is 0 Å². The van der Waals surface area contributed by atoms with Gasteiger partial charge in [-0.1, -0.05) is 6.92 Å². The molecule has 6 heteroatoms. The lowest BCUT2D eigenvalue weighted by Crippen LogP contribution is -2.38. The maximum absolute atomic E-state index is 12.8. The van der Waals surface area contributed by atoms with Gasteiger partial charge in [-0.25, -0.2) is 8.57 Å². The second kappa shape index (κ2) is 4.12. The molecule has 14 heavy (non-hydrogen) atoms. The molecule has 0 unspecified atom stereocenters. The van der Waals surface area contributed by atoms with E-state index in [1.165, 1.54) is 0 Å². The summed E-state index contributed by atoms with van der Waals surface area (Å²) in [5.41, 5.74) is -0.893. The van der Waals surface area contributed by atoms with Gasteiger partial charge in [0, 0.05) is 0 Å². The van der Waals surface area contributed by atoms with E-state index in [0.717, 1.165) is 0 Å². The topological polar surface area (TPSA) is 63.6 Å². The Hall–Kier alpha value is -0.200. The quantitative estimate of drug-likeness (QED) is 0.746. The molecule has 0 heterocycles. The minimum absolute atomic E-state index is 0.295. The Bertz CT molecular complexity index is 280. The standard InChI is InChI=1S/C8H15FO4S/c1-2-8(13-14(10,11)12)5-3-7(9)4-6-8/h7H,2-6H2,1H3,(H,10,11,12). The van der Waals surface area contributed by atoms with Crippen LogP contribution >= 0.6 is 0 Å². The highest BCUT2D eigenvalue weighted by Gasteiger charge is 2.38. The Morgan fingerprint density at radius 2 is 2.00 bits per heavy atom. The van der Waals surface area contributed by atoms with Crippen LogP contribution in [0, 0.1) is 0 Å². The van der Waals surface area contributed by atoms with Crippen molar-refractivity contribution >= 4 is 10.4 Å². The van der Waals surface area contributed by atoms with Gasteiger partial charge >= 0.3 is 10.4 Å². The van der Waals surface area contributed by atoms with Gasteiger partial charge in [0.15, 0.2) is 0 Å². The first-order chi connectivity index (χ1) is 6.37. The molecule has 1 aliphatic carbocycles. The van der Waals surface area contributed by atoms with E-state index in [2.05, 4.69) is 4.18 Å². The van der Waals surface area contributed by atoms with Gasteiger partial charge in [-0.05, 0) is 32.1 Å². The van der Waals surface area contributed by atoms with Crippen LogP contribution in [-0.2, 0) is 14.6 Å². The summed E-state index contributed by atoms with van der Waals surface area (Å²) in [6.45, 7) is 1.77. The lowest BCUT2D eigenvalue weighted by atomic mass is 9.82. The third-order valence-corrected chi connectivity index (χ3v) is 3.32. The van der Waals surface area contributed by atoms with Crippen molar-refractivity contribution in [1.29, 1.82) is 0 Å². The fraction of sp³-hybridized carbons (Fsp3) is 1.00. The zero-order chi connectivity index (χ0) is 10.8. The second-order valence-electron chi connectivity index (χ2n) is 3.72. The van der Waals surface area contributed by atoms with E-state index >= 15 is 0 Å². The summed E-state index contributed by atoms with van der Waals surface area (Å²) < 4.78 is 47.2. The highest BCUT2D eigenvalue weighted by Crippen LogP contribution is 2.36. The van der Waals surface area contributed by atoms with Crippen LogP contribution in [0.5, 0.6) is 0 Å². The molecular formula is C8H15FO4S. The van der Waals surface area contributed by atoms with E-state index < -0.39 is 22.2 Å². The van der Waals surface area contributed by atoms with Crippen LogP contribution in [0.25, 0.3) is 0 Å². The molecule has 0 saturated heterocycles. The lowest BCUT2D eigenvalue weighted by Gasteiger charge is -2.35. The molecule has 1 fully saturated rings. The first-order valence-electron chi connectivity index (χ1n) is 4.69. The SMILES string of the molecule is CCC1(OS(=O)(=O)O)CCC(F)CC1. The van der Waals surface area contributed by atoms with Gasteiger partial charge in [0.2, 0.25) is 0 Å². The Morgan fingerprint density at radius 3 is 2.36 bits per heavy atom. The predicted octanol–water partition coefficient (Wildman–Crippen LogP) is 1.87. The smallest absolute Gasteiger partial charge is 0.264 e. The molecule has 4 nitrogen and oxygen atoms in total. The van der Waals surface area contributed by atoms with Gasteiger partial charge < -0.3 is 0 Å². The van der Waals surface area contributed by atoms with E-state index in [0.29, 0.717) is 32.1 Å². The summed E-state index contributed by atoms with van der Waals surface area (Å²) >= 11 is 0. The monoisotopic (exact) mass is 226 g/mol. The maximum Gasteiger partial charge on any atom is 0.397 e. The number of alkyl halides is 1. The highest BCUT2D eigenvalue weighted by atomic mass is 32.3. The van der Waals surface area contributed by atoms with Gasteiger partial charge in [-0.3, -0.25) is 4.55 Å². The zero-order valence-electron chi connectivity index (χ0n) is 8.07. The summed E-state index contributed by atoms with van der Waals surface area (Å²) in [5.74, 6) is 0. The molecule has 1 saturated carbocycles. The van der Waals surface area contributed by atoms with Crippen LogP contribution in [0.15, 0.2) is 0 Å². The molecule has 0 aromatic carbocycles. The highest BCUT2D eigenvalue weighted by molar-refractivity contribution is 7.80. The van der Waals surface area contributed by atoms with Crippen LogP contribution in [0.4, 0.5) is 4.39 Å². The van der Waals surface area contributed by atoms with E-state index in [4.69, 9.17) is 4.55 Å². The van der Waals surface area contributed by atoms with Crippen LogP contribution < -0.4 is 0 Å². The summed E-state index contributed by atoms with van der Waals surface area (Å²) in [7, 11) is -4.43. The number of rotatable bonds is 3. The summed E-state index contributed by atoms with van der Waals surface area (Å²) in [5, 5.41) is 0. The molecule has 0 spiro atoms. The molecule has 84 valence electrons.